The molecule has 1 N–H and O–H groups in total. The predicted octanol–water partition coefficient (Wildman–Crippen LogP) is 2.38. The minimum atomic E-state index is -0.690. The summed E-state index contributed by atoms with van der Waals surface area (Å²) in [6.45, 7) is 7.44. The van der Waals surface area contributed by atoms with Crippen molar-refractivity contribution < 1.29 is 19.0 Å². The van der Waals surface area contributed by atoms with Gasteiger partial charge >= 0.3 is 5.97 Å². The van der Waals surface area contributed by atoms with Crippen molar-refractivity contribution in [3.8, 4) is 11.5 Å². The lowest BCUT2D eigenvalue weighted by molar-refractivity contribution is -0.152. The Morgan fingerprint density at radius 3 is 2.57 bits per heavy atom. The second-order valence-electron chi connectivity index (χ2n) is 5.42. The van der Waals surface area contributed by atoms with Gasteiger partial charge in [0, 0.05) is 12.1 Å². The Morgan fingerprint density at radius 2 is 2.00 bits per heavy atom. The van der Waals surface area contributed by atoms with Crippen LogP contribution in [-0.2, 0) is 16.1 Å². The first-order valence-corrected chi connectivity index (χ1v) is 7.03. The van der Waals surface area contributed by atoms with Crippen LogP contribution in [0, 0.1) is 5.41 Å². The van der Waals surface area contributed by atoms with Gasteiger partial charge in [-0.25, -0.2) is 0 Å². The second-order valence-corrected chi connectivity index (χ2v) is 5.42. The number of rotatable bonds is 8. The van der Waals surface area contributed by atoms with Crippen LogP contribution in [0.2, 0.25) is 0 Å². The van der Waals surface area contributed by atoms with Crippen LogP contribution in [0.25, 0.3) is 0 Å². The summed E-state index contributed by atoms with van der Waals surface area (Å²) < 4.78 is 15.8. The van der Waals surface area contributed by atoms with Crippen molar-refractivity contribution in [2.75, 3.05) is 27.4 Å². The molecule has 0 radical (unpaired) electrons. The van der Waals surface area contributed by atoms with Gasteiger partial charge in [0.2, 0.25) is 0 Å². The molecule has 21 heavy (non-hydrogen) atoms. The highest BCUT2D eigenvalue weighted by atomic mass is 16.5. The van der Waals surface area contributed by atoms with Gasteiger partial charge in [0.05, 0.1) is 19.6 Å². The van der Waals surface area contributed by atoms with E-state index in [1.807, 2.05) is 25.1 Å². The fourth-order valence-corrected chi connectivity index (χ4v) is 1.81. The van der Waals surface area contributed by atoms with Crippen molar-refractivity contribution in [1.29, 1.82) is 0 Å². The van der Waals surface area contributed by atoms with Crippen LogP contribution in [-0.4, -0.2) is 33.3 Å². The summed E-state index contributed by atoms with van der Waals surface area (Å²) in [6.07, 6.45) is 0. The molecule has 5 heteroatoms. The largest absolute Gasteiger partial charge is 0.497 e. The molecule has 0 saturated carbocycles. The summed E-state index contributed by atoms with van der Waals surface area (Å²) in [7, 11) is 3.02. The topological polar surface area (TPSA) is 56.8 Å². The third-order valence-electron chi connectivity index (χ3n) is 3.16. The maximum absolute atomic E-state index is 11.7. The number of methoxy groups -OCH3 is 2. The molecule has 0 aliphatic heterocycles. The Bertz CT molecular complexity index is 471. The van der Waals surface area contributed by atoms with Gasteiger partial charge in [0.15, 0.2) is 0 Å². The zero-order valence-electron chi connectivity index (χ0n) is 13.5. The van der Waals surface area contributed by atoms with Gasteiger partial charge in [-0.3, -0.25) is 4.79 Å². The quantitative estimate of drug-likeness (QED) is 0.746. The van der Waals surface area contributed by atoms with E-state index in [9.17, 15) is 4.79 Å². The Morgan fingerprint density at radius 1 is 1.29 bits per heavy atom. The third kappa shape index (κ3) is 4.93. The minimum absolute atomic E-state index is 0.255. The van der Waals surface area contributed by atoms with Crippen molar-refractivity contribution in [2.45, 2.75) is 27.3 Å². The lowest BCUT2D eigenvalue weighted by Gasteiger charge is -2.23. The summed E-state index contributed by atoms with van der Waals surface area (Å²) in [5, 5.41) is 3.26. The van der Waals surface area contributed by atoms with E-state index < -0.39 is 5.41 Å². The Hall–Kier alpha value is -1.75. The van der Waals surface area contributed by atoms with Crippen molar-refractivity contribution in [3.63, 3.8) is 0 Å². The monoisotopic (exact) mass is 295 g/mol. The Labute approximate surface area is 126 Å². The highest BCUT2D eigenvalue weighted by Crippen LogP contribution is 2.26. The first kappa shape index (κ1) is 17.3. The maximum atomic E-state index is 11.7. The molecule has 1 aromatic carbocycles. The Kier molecular flexibility index (Phi) is 6.49. The molecule has 0 atom stereocenters. The molecular formula is C16H25NO4. The predicted molar refractivity (Wildman–Crippen MR) is 81.7 cm³/mol. The van der Waals surface area contributed by atoms with Gasteiger partial charge < -0.3 is 19.5 Å². The molecule has 0 aromatic heterocycles. The number of esters is 1. The van der Waals surface area contributed by atoms with Crippen LogP contribution < -0.4 is 14.8 Å². The van der Waals surface area contributed by atoms with E-state index in [2.05, 4.69) is 5.32 Å². The highest BCUT2D eigenvalue weighted by molar-refractivity contribution is 5.75. The van der Waals surface area contributed by atoms with Gasteiger partial charge in [-0.05, 0) is 38.6 Å². The van der Waals surface area contributed by atoms with Crippen LogP contribution in [0.4, 0.5) is 0 Å². The summed E-state index contributed by atoms with van der Waals surface area (Å²) in [6, 6.07) is 5.64. The van der Waals surface area contributed by atoms with Crippen molar-refractivity contribution in [1.82, 2.24) is 5.32 Å². The number of hydrogen-bond acceptors (Lipinski definition) is 5. The average Bonchev–Trinajstić information content (AvgIpc) is 2.50. The third-order valence-corrected chi connectivity index (χ3v) is 3.16. The molecule has 1 rings (SSSR count). The number of carbonyl (C=O) groups excluding carboxylic acids is 1. The second kappa shape index (κ2) is 7.88. The number of benzene rings is 1. The molecule has 0 amide bonds. The van der Waals surface area contributed by atoms with E-state index in [4.69, 9.17) is 14.2 Å². The molecular weight excluding hydrogens is 270 g/mol. The molecule has 0 unspecified atom stereocenters. The van der Waals surface area contributed by atoms with Gasteiger partial charge in [0.25, 0.3) is 0 Å². The van der Waals surface area contributed by atoms with Crippen LogP contribution >= 0.6 is 0 Å². The fourth-order valence-electron chi connectivity index (χ4n) is 1.81. The van der Waals surface area contributed by atoms with Crippen molar-refractivity contribution in [3.05, 3.63) is 23.8 Å². The first-order chi connectivity index (χ1) is 9.94. The summed E-state index contributed by atoms with van der Waals surface area (Å²) >= 11 is 0. The van der Waals surface area contributed by atoms with Crippen LogP contribution in [0.3, 0.4) is 0 Å². The van der Waals surface area contributed by atoms with E-state index in [1.54, 1.807) is 21.0 Å². The van der Waals surface area contributed by atoms with Gasteiger partial charge in [-0.1, -0.05) is 6.92 Å². The van der Waals surface area contributed by atoms with Gasteiger partial charge in [0.1, 0.15) is 18.1 Å². The zero-order chi connectivity index (χ0) is 15.9. The van der Waals surface area contributed by atoms with E-state index in [1.165, 1.54) is 7.11 Å². The van der Waals surface area contributed by atoms with Crippen molar-refractivity contribution in [2.24, 2.45) is 5.41 Å². The average molecular weight is 295 g/mol. The molecule has 118 valence electrons. The van der Waals surface area contributed by atoms with Gasteiger partial charge in [-0.15, -0.1) is 0 Å². The van der Waals surface area contributed by atoms with Crippen molar-refractivity contribution >= 4 is 5.97 Å². The molecule has 0 fully saturated rings. The zero-order valence-corrected chi connectivity index (χ0v) is 13.5. The Balaban J connectivity index is 2.84. The number of hydrogen-bond donors (Lipinski definition) is 1. The maximum Gasteiger partial charge on any atom is 0.314 e. The SMILES string of the molecule is CCNCc1cc(OC)ccc1OCC(C)(C)C(=O)OC. The number of carbonyl (C=O) groups is 1. The number of nitrogens with one attached hydrogen (secondary N) is 1. The first-order valence-electron chi connectivity index (χ1n) is 7.03. The standard InChI is InChI=1S/C16H25NO4/c1-6-17-10-12-9-13(19-4)7-8-14(12)21-11-16(2,3)15(18)20-5/h7-9,17H,6,10-11H2,1-5H3. The van der Waals surface area contributed by atoms with E-state index in [-0.39, 0.29) is 12.6 Å². The molecule has 0 aliphatic rings. The minimum Gasteiger partial charge on any atom is -0.497 e. The molecule has 1 aromatic rings. The van der Waals surface area contributed by atoms with Crippen LogP contribution in [0.1, 0.15) is 26.3 Å². The lowest BCUT2D eigenvalue weighted by atomic mass is 9.95. The molecule has 0 bridgehead atoms. The molecule has 0 saturated heterocycles. The summed E-state index contributed by atoms with van der Waals surface area (Å²) in [4.78, 5) is 11.7. The molecule has 0 heterocycles. The summed E-state index contributed by atoms with van der Waals surface area (Å²) in [5.41, 5.74) is 0.307. The van der Waals surface area contributed by atoms with Crippen LogP contribution in [0.15, 0.2) is 18.2 Å². The lowest BCUT2D eigenvalue weighted by Crippen LogP contribution is -2.32. The van der Waals surface area contributed by atoms with E-state index >= 15 is 0 Å². The smallest absolute Gasteiger partial charge is 0.314 e. The van der Waals surface area contributed by atoms with Crippen LogP contribution in [0.5, 0.6) is 11.5 Å². The number of ether oxygens (including phenoxy) is 3. The van der Waals surface area contributed by atoms with E-state index in [0.29, 0.717) is 6.54 Å². The molecule has 0 aliphatic carbocycles. The van der Waals surface area contributed by atoms with Gasteiger partial charge in [-0.2, -0.15) is 0 Å². The highest BCUT2D eigenvalue weighted by Gasteiger charge is 2.30. The molecule has 0 spiro atoms. The summed E-state index contributed by atoms with van der Waals surface area (Å²) in [5.74, 6) is 1.24. The fraction of sp³-hybridized carbons (Fsp3) is 0.562. The molecule has 5 nitrogen and oxygen atoms in total. The van der Waals surface area contributed by atoms with E-state index in [0.717, 1.165) is 23.6 Å². The normalized spacial score (nSPS) is 11.1.